The van der Waals surface area contributed by atoms with Crippen LogP contribution in [0.15, 0.2) is 72.8 Å². The molecule has 0 saturated heterocycles. The molecule has 5 nitrogen and oxygen atoms in total. The zero-order valence-corrected chi connectivity index (χ0v) is 15.4. The maximum Gasteiger partial charge on any atom is 0.269 e. The van der Waals surface area contributed by atoms with Crippen molar-refractivity contribution in [3.63, 3.8) is 0 Å². The van der Waals surface area contributed by atoms with Gasteiger partial charge >= 0.3 is 0 Å². The predicted octanol–water partition coefficient (Wildman–Crippen LogP) is 4.13. The molecule has 3 aromatic rings. The Hall–Kier alpha value is -3.38. The van der Waals surface area contributed by atoms with Gasteiger partial charge in [0.05, 0.1) is 0 Å². The van der Waals surface area contributed by atoms with E-state index in [1.807, 2.05) is 0 Å². The van der Waals surface area contributed by atoms with E-state index in [2.05, 4.69) is 10.9 Å². The summed E-state index contributed by atoms with van der Waals surface area (Å²) in [5.74, 6) is -0.766. The van der Waals surface area contributed by atoms with Gasteiger partial charge in [-0.05, 0) is 66.2 Å². The zero-order valence-electron chi connectivity index (χ0n) is 14.6. The lowest BCUT2D eigenvalue weighted by Gasteiger charge is -2.09. The molecule has 0 aliphatic carbocycles. The lowest BCUT2D eigenvalue weighted by Crippen LogP contribution is -2.41. The Bertz CT molecular complexity index is 958. The Kier molecular flexibility index (Phi) is 6.24. The molecule has 2 amide bonds. The van der Waals surface area contributed by atoms with Crippen molar-refractivity contribution in [1.82, 2.24) is 10.9 Å². The minimum Gasteiger partial charge on any atom is -0.489 e. The van der Waals surface area contributed by atoms with Crippen molar-refractivity contribution in [1.29, 1.82) is 0 Å². The smallest absolute Gasteiger partial charge is 0.269 e. The molecular formula is C21H16ClFN2O3. The lowest BCUT2D eigenvalue weighted by atomic mass is 10.1. The van der Waals surface area contributed by atoms with Gasteiger partial charge in [0.1, 0.15) is 18.2 Å². The van der Waals surface area contributed by atoms with Gasteiger partial charge in [-0.2, -0.15) is 0 Å². The second-order valence-corrected chi connectivity index (χ2v) is 6.29. The Morgan fingerprint density at radius 1 is 0.786 bits per heavy atom. The first-order valence-corrected chi connectivity index (χ1v) is 8.72. The Balaban J connectivity index is 1.51. The summed E-state index contributed by atoms with van der Waals surface area (Å²) in [6.45, 7) is 0.338. The third-order valence-electron chi connectivity index (χ3n) is 3.83. The fourth-order valence-corrected chi connectivity index (χ4v) is 2.43. The summed E-state index contributed by atoms with van der Waals surface area (Å²) >= 11 is 5.83. The fourth-order valence-electron chi connectivity index (χ4n) is 2.31. The van der Waals surface area contributed by atoms with Gasteiger partial charge in [0.25, 0.3) is 11.8 Å². The first kappa shape index (κ1) is 19.4. The molecule has 0 radical (unpaired) electrons. The number of benzene rings is 3. The highest BCUT2D eigenvalue weighted by atomic mass is 35.5. The van der Waals surface area contributed by atoms with Crippen LogP contribution in [0.1, 0.15) is 26.3 Å². The van der Waals surface area contributed by atoms with Crippen LogP contribution in [0.3, 0.4) is 0 Å². The molecule has 28 heavy (non-hydrogen) atoms. The predicted molar refractivity (Wildman–Crippen MR) is 104 cm³/mol. The quantitative estimate of drug-likeness (QED) is 0.635. The molecule has 0 aliphatic heterocycles. The van der Waals surface area contributed by atoms with E-state index in [1.54, 1.807) is 48.5 Å². The van der Waals surface area contributed by atoms with Gasteiger partial charge in [-0.1, -0.05) is 23.7 Å². The van der Waals surface area contributed by atoms with Crippen LogP contribution < -0.4 is 15.6 Å². The molecule has 7 heteroatoms. The molecule has 0 heterocycles. The van der Waals surface area contributed by atoms with Crippen molar-refractivity contribution < 1.29 is 18.7 Å². The second kappa shape index (κ2) is 9.01. The molecular weight excluding hydrogens is 383 g/mol. The van der Waals surface area contributed by atoms with Gasteiger partial charge in [0, 0.05) is 16.1 Å². The monoisotopic (exact) mass is 398 g/mol. The Labute approximate surface area is 166 Å². The first-order valence-electron chi connectivity index (χ1n) is 8.35. The summed E-state index contributed by atoms with van der Waals surface area (Å²) in [7, 11) is 0. The van der Waals surface area contributed by atoms with E-state index in [0.717, 1.165) is 5.56 Å². The Morgan fingerprint density at radius 2 is 1.29 bits per heavy atom. The number of hydrogen-bond donors (Lipinski definition) is 2. The molecule has 0 spiro atoms. The number of carbonyl (C=O) groups excluding carboxylic acids is 2. The highest BCUT2D eigenvalue weighted by Crippen LogP contribution is 2.17. The van der Waals surface area contributed by atoms with Gasteiger partial charge in [0.2, 0.25) is 0 Å². The molecule has 2 N–H and O–H groups in total. The van der Waals surface area contributed by atoms with E-state index in [4.69, 9.17) is 16.3 Å². The van der Waals surface area contributed by atoms with Crippen LogP contribution in [0.25, 0.3) is 0 Å². The molecule has 0 fully saturated rings. The molecule has 3 rings (SSSR count). The topological polar surface area (TPSA) is 67.4 Å². The zero-order chi connectivity index (χ0) is 19.9. The van der Waals surface area contributed by atoms with Crippen molar-refractivity contribution in [2.45, 2.75) is 6.61 Å². The molecule has 0 aliphatic rings. The number of halogens is 2. The van der Waals surface area contributed by atoms with E-state index in [0.29, 0.717) is 22.9 Å². The van der Waals surface area contributed by atoms with Gasteiger partial charge in [-0.25, -0.2) is 4.39 Å². The van der Waals surface area contributed by atoms with Crippen molar-refractivity contribution in [2.24, 2.45) is 0 Å². The van der Waals surface area contributed by atoms with E-state index in [9.17, 15) is 14.0 Å². The third-order valence-corrected chi connectivity index (χ3v) is 4.08. The lowest BCUT2D eigenvalue weighted by molar-refractivity contribution is 0.0846. The van der Waals surface area contributed by atoms with Crippen LogP contribution in [-0.4, -0.2) is 11.8 Å². The SMILES string of the molecule is O=C(NNC(=O)c1ccc(COc2ccc(Cl)cc2)cc1)c1ccc(F)cc1. The fraction of sp³-hybridized carbons (Fsp3) is 0.0476. The summed E-state index contributed by atoms with van der Waals surface area (Å²) in [5.41, 5.74) is 6.08. The number of nitrogens with one attached hydrogen (secondary N) is 2. The number of hydrazine groups is 1. The van der Waals surface area contributed by atoms with Crippen LogP contribution >= 0.6 is 11.6 Å². The summed E-state index contributed by atoms with van der Waals surface area (Å²) in [6.07, 6.45) is 0. The van der Waals surface area contributed by atoms with Crippen LogP contribution in [0, 0.1) is 5.82 Å². The second-order valence-electron chi connectivity index (χ2n) is 5.85. The maximum absolute atomic E-state index is 12.9. The average molecular weight is 399 g/mol. The molecule has 0 bridgehead atoms. The summed E-state index contributed by atoms with van der Waals surface area (Å²) in [6, 6.07) is 18.8. The summed E-state index contributed by atoms with van der Waals surface area (Å²) < 4.78 is 18.5. The normalized spacial score (nSPS) is 10.2. The van der Waals surface area contributed by atoms with E-state index >= 15 is 0 Å². The third kappa shape index (κ3) is 5.31. The van der Waals surface area contributed by atoms with E-state index in [1.165, 1.54) is 24.3 Å². The van der Waals surface area contributed by atoms with Gasteiger partial charge < -0.3 is 4.74 Å². The van der Waals surface area contributed by atoms with Crippen LogP contribution in [0.5, 0.6) is 5.75 Å². The molecule has 3 aromatic carbocycles. The van der Waals surface area contributed by atoms with Crippen molar-refractivity contribution in [2.75, 3.05) is 0 Å². The van der Waals surface area contributed by atoms with Crippen molar-refractivity contribution in [3.8, 4) is 5.75 Å². The van der Waals surface area contributed by atoms with Gasteiger partial charge in [0.15, 0.2) is 0 Å². The molecule has 142 valence electrons. The first-order chi connectivity index (χ1) is 13.5. The highest BCUT2D eigenvalue weighted by molar-refractivity contribution is 6.30. The number of amides is 2. The van der Waals surface area contributed by atoms with Crippen LogP contribution in [0.4, 0.5) is 4.39 Å². The summed E-state index contributed by atoms with van der Waals surface area (Å²) in [4.78, 5) is 24.0. The van der Waals surface area contributed by atoms with Crippen molar-refractivity contribution in [3.05, 3.63) is 100 Å². The number of carbonyl (C=O) groups is 2. The number of ether oxygens (including phenoxy) is 1. The molecule has 0 atom stereocenters. The Morgan fingerprint density at radius 3 is 1.82 bits per heavy atom. The largest absolute Gasteiger partial charge is 0.489 e. The standard InChI is InChI=1S/C21H16ClFN2O3/c22-17-7-11-19(12-8-17)28-13-14-1-3-15(4-2-14)20(26)24-25-21(27)16-5-9-18(23)10-6-16/h1-12H,13H2,(H,24,26)(H,25,27). The molecule has 0 unspecified atom stereocenters. The minimum absolute atomic E-state index is 0.233. The maximum atomic E-state index is 12.9. The minimum atomic E-state index is -0.540. The van der Waals surface area contributed by atoms with Gasteiger partial charge in [-0.3, -0.25) is 20.4 Å². The van der Waals surface area contributed by atoms with Gasteiger partial charge in [-0.15, -0.1) is 0 Å². The van der Waals surface area contributed by atoms with Crippen LogP contribution in [-0.2, 0) is 6.61 Å². The van der Waals surface area contributed by atoms with E-state index < -0.39 is 17.6 Å². The van der Waals surface area contributed by atoms with Crippen LogP contribution in [0.2, 0.25) is 5.02 Å². The summed E-state index contributed by atoms with van der Waals surface area (Å²) in [5, 5.41) is 0.634. The molecule has 0 saturated carbocycles. The van der Waals surface area contributed by atoms with Crippen molar-refractivity contribution >= 4 is 23.4 Å². The number of hydrogen-bond acceptors (Lipinski definition) is 3. The number of rotatable bonds is 5. The average Bonchev–Trinajstić information content (AvgIpc) is 2.72. The molecule has 0 aromatic heterocycles. The highest BCUT2D eigenvalue weighted by Gasteiger charge is 2.09. The van der Waals surface area contributed by atoms with E-state index in [-0.39, 0.29) is 5.56 Å².